The average molecular weight is 644 g/mol. The van der Waals surface area contributed by atoms with Crippen LogP contribution < -0.4 is 5.32 Å². The highest BCUT2D eigenvalue weighted by Crippen LogP contribution is 2.42. The summed E-state index contributed by atoms with van der Waals surface area (Å²) >= 11 is 1.83. The summed E-state index contributed by atoms with van der Waals surface area (Å²) in [4.78, 5) is 10.6. The third-order valence-electron chi connectivity index (χ3n) is 9.65. The van der Waals surface area contributed by atoms with Crippen molar-refractivity contribution < 1.29 is 0 Å². The molecule has 3 nitrogen and oxygen atoms in total. The van der Waals surface area contributed by atoms with E-state index in [1.54, 1.807) is 0 Å². The second-order valence-corrected chi connectivity index (χ2v) is 13.8. The van der Waals surface area contributed by atoms with E-state index in [0.717, 1.165) is 28.4 Å². The molecule has 1 N–H and O–H groups in total. The highest BCUT2D eigenvalue weighted by Gasteiger charge is 2.23. The lowest BCUT2D eigenvalue weighted by Gasteiger charge is -2.24. The van der Waals surface area contributed by atoms with Gasteiger partial charge in [-0.1, -0.05) is 127 Å². The first-order valence-electron chi connectivity index (χ1n) is 16.6. The number of hydrogen-bond acceptors (Lipinski definition) is 4. The third-order valence-corrected chi connectivity index (χ3v) is 10.8. The first-order valence-corrected chi connectivity index (χ1v) is 17.4. The van der Waals surface area contributed by atoms with Crippen molar-refractivity contribution in [1.82, 2.24) is 5.32 Å². The van der Waals surface area contributed by atoms with Crippen LogP contribution in [-0.2, 0) is 0 Å². The number of hydrogen-bond donors (Lipinski definition) is 1. The molecule has 230 valence electrons. The highest BCUT2D eigenvalue weighted by atomic mass is 32.1. The summed E-state index contributed by atoms with van der Waals surface area (Å²) in [6, 6.07) is 58.8. The molecule has 0 saturated carbocycles. The van der Waals surface area contributed by atoms with E-state index in [2.05, 4.69) is 169 Å². The highest BCUT2D eigenvalue weighted by molar-refractivity contribution is 7.26. The van der Waals surface area contributed by atoms with Crippen LogP contribution in [0.2, 0.25) is 0 Å². The van der Waals surface area contributed by atoms with Gasteiger partial charge in [0.05, 0.1) is 0 Å². The molecule has 1 aromatic heterocycles. The number of thiophene rings is 1. The second-order valence-electron chi connectivity index (χ2n) is 12.7. The lowest BCUT2D eigenvalue weighted by Crippen LogP contribution is -2.33. The Morgan fingerprint density at radius 1 is 0.469 bits per heavy atom. The summed E-state index contributed by atoms with van der Waals surface area (Å²) in [6.45, 7) is 0. The number of benzene rings is 8. The van der Waals surface area contributed by atoms with E-state index in [-0.39, 0.29) is 6.17 Å². The summed E-state index contributed by atoms with van der Waals surface area (Å²) in [5.74, 6) is 1.54. The van der Waals surface area contributed by atoms with Crippen LogP contribution in [0.25, 0.3) is 63.6 Å². The Bertz CT molecular complexity index is 2820. The maximum Gasteiger partial charge on any atom is 0.159 e. The van der Waals surface area contributed by atoms with Crippen LogP contribution in [0.3, 0.4) is 0 Å². The number of rotatable bonds is 4. The SMILES string of the molecule is c1ccc2cc(C3=NC(c4cc(-c5ccc6ccccc6c5)c5c(c4)sc4ccccc45)=NC(c4ccc5ccccc5c4)N3)ccc2c1. The van der Waals surface area contributed by atoms with Crippen LogP contribution >= 0.6 is 11.3 Å². The molecule has 2 heterocycles. The van der Waals surface area contributed by atoms with Crippen molar-refractivity contribution in [2.45, 2.75) is 6.17 Å². The van der Waals surface area contributed by atoms with Gasteiger partial charge in [0.25, 0.3) is 0 Å². The standard InChI is InChI=1S/C45H29N3S/c1-4-12-31-23-34(20-17-28(31)9-1)39-26-37(27-41-42(39)38-15-7-8-16-40(38)49-41)45-47-43(35-21-18-29-10-2-5-13-32(29)24-35)46-44(48-45)36-22-19-30-11-3-6-14-33(30)25-36/h1-27,43H,(H,46,47,48). The molecule has 1 unspecified atom stereocenters. The second kappa shape index (κ2) is 11.3. The number of fused-ring (bicyclic) bond motifs is 6. The van der Waals surface area contributed by atoms with Crippen LogP contribution in [0, 0.1) is 0 Å². The maximum atomic E-state index is 5.34. The zero-order chi connectivity index (χ0) is 32.3. The molecule has 0 radical (unpaired) electrons. The first kappa shape index (κ1) is 28.0. The van der Waals surface area contributed by atoms with Crippen molar-refractivity contribution >= 4 is 75.5 Å². The molecule has 0 fully saturated rings. The predicted octanol–water partition coefficient (Wildman–Crippen LogP) is 11.7. The lowest BCUT2D eigenvalue weighted by atomic mass is 9.95. The molecule has 1 atom stereocenters. The Kier molecular flexibility index (Phi) is 6.42. The molecule has 0 bridgehead atoms. The van der Waals surface area contributed by atoms with Crippen molar-refractivity contribution in [3.8, 4) is 11.1 Å². The van der Waals surface area contributed by atoms with Crippen molar-refractivity contribution in [2.75, 3.05) is 0 Å². The molecule has 10 rings (SSSR count). The van der Waals surface area contributed by atoms with E-state index in [4.69, 9.17) is 9.98 Å². The molecule has 8 aromatic carbocycles. The van der Waals surface area contributed by atoms with E-state index in [0.29, 0.717) is 0 Å². The molecular formula is C45H29N3S. The largest absolute Gasteiger partial charge is 0.344 e. The fraction of sp³-hybridized carbons (Fsp3) is 0.0222. The summed E-state index contributed by atoms with van der Waals surface area (Å²) in [7, 11) is 0. The van der Waals surface area contributed by atoms with Gasteiger partial charge in [-0.05, 0) is 85.4 Å². The topological polar surface area (TPSA) is 36.8 Å². The minimum absolute atomic E-state index is 0.305. The Balaban J connectivity index is 1.20. The summed E-state index contributed by atoms with van der Waals surface area (Å²) in [6.07, 6.45) is -0.305. The minimum atomic E-state index is -0.305. The molecule has 49 heavy (non-hydrogen) atoms. The molecule has 0 spiro atoms. The van der Waals surface area contributed by atoms with E-state index in [9.17, 15) is 0 Å². The summed E-state index contributed by atoms with van der Waals surface area (Å²) in [5, 5.41) is 13.5. The van der Waals surface area contributed by atoms with E-state index in [1.807, 2.05) is 11.3 Å². The van der Waals surface area contributed by atoms with Gasteiger partial charge in [0, 0.05) is 31.3 Å². The zero-order valence-electron chi connectivity index (χ0n) is 26.5. The number of nitrogens with one attached hydrogen (secondary N) is 1. The molecule has 0 saturated heterocycles. The Morgan fingerprint density at radius 2 is 1.06 bits per heavy atom. The third kappa shape index (κ3) is 4.88. The smallest absolute Gasteiger partial charge is 0.159 e. The van der Waals surface area contributed by atoms with Crippen LogP contribution in [0.1, 0.15) is 22.9 Å². The molecule has 0 amide bonds. The maximum absolute atomic E-state index is 5.34. The van der Waals surface area contributed by atoms with Gasteiger partial charge in [-0.3, -0.25) is 0 Å². The van der Waals surface area contributed by atoms with Crippen molar-refractivity contribution in [3.63, 3.8) is 0 Å². The fourth-order valence-electron chi connectivity index (χ4n) is 7.18. The normalized spacial score (nSPS) is 14.7. The Morgan fingerprint density at radius 3 is 1.80 bits per heavy atom. The fourth-order valence-corrected chi connectivity index (χ4v) is 8.35. The van der Waals surface area contributed by atoms with Gasteiger partial charge in [0.15, 0.2) is 5.84 Å². The zero-order valence-corrected chi connectivity index (χ0v) is 27.3. The quantitative estimate of drug-likeness (QED) is 0.204. The van der Waals surface area contributed by atoms with Crippen molar-refractivity contribution in [2.24, 2.45) is 9.98 Å². The van der Waals surface area contributed by atoms with Crippen molar-refractivity contribution in [1.29, 1.82) is 0 Å². The number of amidine groups is 2. The van der Waals surface area contributed by atoms with E-state index < -0.39 is 0 Å². The van der Waals surface area contributed by atoms with Gasteiger partial charge >= 0.3 is 0 Å². The Labute approximate surface area is 287 Å². The molecular weight excluding hydrogens is 615 g/mol. The van der Waals surface area contributed by atoms with Gasteiger partial charge in [-0.25, -0.2) is 9.98 Å². The summed E-state index contributed by atoms with van der Waals surface area (Å²) in [5.41, 5.74) is 5.53. The molecule has 1 aliphatic rings. The molecule has 9 aromatic rings. The van der Waals surface area contributed by atoms with Gasteiger partial charge in [0.2, 0.25) is 0 Å². The molecule has 4 heteroatoms. The predicted molar refractivity (Wildman–Crippen MR) is 209 cm³/mol. The summed E-state index contributed by atoms with van der Waals surface area (Å²) < 4.78 is 2.51. The minimum Gasteiger partial charge on any atom is -0.344 e. The Hall–Kier alpha value is -6.10. The lowest BCUT2D eigenvalue weighted by molar-refractivity contribution is 0.675. The van der Waals surface area contributed by atoms with Gasteiger partial charge in [-0.2, -0.15) is 0 Å². The van der Waals surface area contributed by atoms with Crippen LogP contribution in [0.15, 0.2) is 174 Å². The number of aliphatic imine (C=N–C) groups is 2. The van der Waals surface area contributed by atoms with Crippen LogP contribution in [0.5, 0.6) is 0 Å². The average Bonchev–Trinajstić information content (AvgIpc) is 3.55. The van der Waals surface area contributed by atoms with E-state index in [1.165, 1.54) is 63.6 Å². The first-order chi connectivity index (χ1) is 24.2. The van der Waals surface area contributed by atoms with Crippen molar-refractivity contribution in [3.05, 3.63) is 180 Å². The van der Waals surface area contributed by atoms with Gasteiger partial charge < -0.3 is 5.32 Å². The van der Waals surface area contributed by atoms with Gasteiger partial charge in [0.1, 0.15) is 12.0 Å². The molecule has 0 aliphatic carbocycles. The van der Waals surface area contributed by atoms with Gasteiger partial charge in [-0.15, -0.1) is 11.3 Å². The monoisotopic (exact) mass is 643 g/mol. The van der Waals surface area contributed by atoms with Crippen LogP contribution in [0.4, 0.5) is 0 Å². The number of nitrogens with zero attached hydrogens (tertiary/aromatic N) is 2. The van der Waals surface area contributed by atoms with E-state index >= 15 is 0 Å². The van der Waals surface area contributed by atoms with Crippen LogP contribution in [-0.4, -0.2) is 11.7 Å². The molecule has 1 aliphatic heterocycles.